The lowest BCUT2D eigenvalue weighted by atomic mass is 9.72. The predicted octanol–water partition coefficient (Wildman–Crippen LogP) is 5.47. The summed E-state index contributed by atoms with van der Waals surface area (Å²) < 4.78 is 39.2. The Kier molecular flexibility index (Phi) is 7.15. The summed E-state index contributed by atoms with van der Waals surface area (Å²) in [7, 11) is 2.02. The highest BCUT2D eigenvalue weighted by Crippen LogP contribution is 2.54. The normalized spacial score (nSPS) is 18.1. The van der Waals surface area contributed by atoms with E-state index in [1.54, 1.807) is 0 Å². The zero-order chi connectivity index (χ0) is 23.5. The van der Waals surface area contributed by atoms with Gasteiger partial charge in [-0.15, -0.1) is 0 Å². The van der Waals surface area contributed by atoms with Crippen LogP contribution in [0.15, 0.2) is 60.8 Å². The number of alkyl halides is 3. The van der Waals surface area contributed by atoms with Crippen LogP contribution in [0.3, 0.4) is 0 Å². The number of nitrogens with zero attached hydrogens (tertiary/aromatic N) is 1. The lowest BCUT2D eigenvalue weighted by Gasteiger charge is -2.36. The SMILES string of the molecule is C=C(NCC(F)(F)F)C1(CCCCN2CCC(NC)CC2)c2ccccc2-c2ccccc21. The Morgan fingerprint density at radius 1 is 1.00 bits per heavy atom. The molecule has 2 aromatic carbocycles. The number of hydrogen-bond acceptors (Lipinski definition) is 3. The van der Waals surface area contributed by atoms with Gasteiger partial charge in [-0.1, -0.05) is 61.5 Å². The second kappa shape index (κ2) is 9.90. The van der Waals surface area contributed by atoms with Gasteiger partial charge in [-0.2, -0.15) is 13.2 Å². The molecule has 0 aromatic heterocycles. The van der Waals surface area contributed by atoms with Gasteiger partial charge in [-0.25, -0.2) is 0 Å². The Hall–Kier alpha value is -2.31. The summed E-state index contributed by atoms with van der Waals surface area (Å²) in [5.74, 6) is 0. The van der Waals surface area contributed by atoms with Crippen LogP contribution in [-0.4, -0.2) is 50.3 Å². The fraction of sp³-hybridized carbons (Fsp3) is 0.481. The van der Waals surface area contributed by atoms with Gasteiger partial charge in [0.25, 0.3) is 0 Å². The van der Waals surface area contributed by atoms with Crippen LogP contribution in [0.1, 0.15) is 43.2 Å². The van der Waals surface area contributed by atoms with Crippen molar-refractivity contribution >= 4 is 0 Å². The van der Waals surface area contributed by atoms with Crippen LogP contribution in [0.2, 0.25) is 0 Å². The second-order valence-corrected chi connectivity index (χ2v) is 9.31. The standard InChI is InChI=1S/C27H34F3N3/c1-20(32-19-27(28,29)30)26(15-7-8-16-33-17-13-21(31-2)14-18-33)24-11-5-3-9-22(24)23-10-4-6-12-25(23)26/h3-6,9-12,21,31-32H,1,7-8,13-19H2,2H3. The van der Waals surface area contributed by atoms with Gasteiger partial charge in [0, 0.05) is 11.7 Å². The van der Waals surface area contributed by atoms with Crippen molar-refractivity contribution in [1.29, 1.82) is 0 Å². The van der Waals surface area contributed by atoms with E-state index in [1.807, 2.05) is 31.3 Å². The molecule has 0 unspecified atom stereocenters. The third kappa shape index (κ3) is 4.97. The molecule has 1 aliphatic heterocycles. The van der Waals surface area contributed by atoms with Crippen molar-refractivity contribution in [2.24, 2.45) is 0 Å². The Bertz CT molecular complexity index is 916. The summed E-state index contributed by atoms with van der Waals surface area (Å²) in [6.45, 7) is 6.32. The first-order valence-electron chi connectivity index (χ1n) is 11.9. The number of unbranched alkanes of at least 4 members (excludes halogenated alkanes) is 1. The number of benzene rings is 2. The molecule has 2 aromatic rings. The number of likely N-dealkylation sites (tertiary alicyclic amines) is 1. The van der Waals surface area contributed by atoms with E-state index in [9.17, 15) is 13.2 Å². The van der Waals surface area contributed by atoms with E-state index in [-0.39, 0.29) is 0 Å². The van der Waals surface area contributed by atoms with Crippen molar-refractivity contribution in [3.8, 4) is 11.1 Å². The smallest absolute Gasteiger partial charge is 0.379 e. The highest BCUT2D eigenvalue weighted by Gasteiger charge is 2.45. The maximum Gasteiger partial charge on any atom is 0.405 e. The van der Waals surface area contributed by atoms with Crippen molar-refractivity contribution < 1.29 is 13.2 Å². The van der Waals surface area contributed by atoms with E-state index in [1.165, 1.54) is 12.8 Å². The van der Waals surface area contributed by atoms with Crippen LogP contribution in [0.25, 0.3) is 11.1 Å². The second-order valence-electron chi connectivity index (χ2n) is 9.31. The van der Waals surface area contributed by atoms with Crippen LogP contribution in [0.5, 0.6) is 0 Å². The van der Waals surface area contributed by atoms with Crippen molar-refractivity contribution in [1.82, 2.24) is 15.5 Å². The van der Waals surface area contributed by atoms with Crippen LogP contribution in [0, 0.1) is 0 Å². The average Bonchev–Trinajstić information content (AvgIpc) is 3.11. The molecule has 0 amide bonds. The molecule has 0 radical (unpaired) electrons. The zero-order valence-corrected chi connectivity index (χ0v) is 19.3. The number of piperidine rings is 1. The molecule has 0 bridgehead atoms. The van der Waals surface area contributed by atoms with E-state index in [0.717, 1.165) is 61.2 Å². The predicted molar refractivity (Wildman–Crippen MR) is 128 cm³/mol. The lowest BCUT2D eigenvalue weighted by Crippen LogP contribution is -2.41. The molecule has 6 heteroatoms. The Morgan fingerprint density at radius 3 is 2.12 bits per heavy atom. The third-order valence-electron chi connectivity index (χ3n) is 7.35. The maximum absolute atomic E-state index is 13.1. The minimum Gasteiger partial charge on any atom is -0.379 e. The molecule has 4 rings (SSSR count). The van der Waals surface area contributed by atoms with Crippen molar-refractivity contribution in [2.75, 3.05) is 33.2 Å². The monoisotopic (exact) mass is 457 g/mol. The summed E-state index contributed by atoms with van der Waals surface area (Å²) in [6.07, 6.45) is 0.710. The van der Waals surface area contributed by atoms with Crippen LogP contribution in [-0.2, 0) is 5.41 Å². The van der Waals surface area contributed by atoms with E-state index < -0.39 is 18.1 Å². The summed E-state index contributed by atoms with van der Waals surface area (Å²) in [5.41, 5.74) is 4.08. The Morgan fingerprint density at radius 2 is 1.58 bits per heavy atom. The van der Waals surface area contributed by atoms with Crippen molar-refractivity contribution in [3.05, 3.63) is 71.9 Å². The number of hydrogen-bond donors (Lipinski definition) is 2. The van der Waals surface area contributed by atoms with Crippen molar-refractivity contribution in [3.63, 3.8) is 0 Å². The number of allylic oxidation sites excluding steroid dienone is 1. The maximum atomic E-state index is 13.1. The van der Waals surface area contributed by atoms with E-state index in [2.05, 4.69) is 46.4 Å². The van der Waals surface area contributed by atoms with E-state index in [0.29, 0.717) is 11.7 Å². The minimum atomic E-state index is -4.29. The molecule has 2 N–H and O–H groups in total. The van der Waals surface area contributed by atoms with Gasteiger partial charge < -0.3 is 15.5 Å². The zero-order valence-electron chi connectivity index (χ0n) is 19.3. The molecule has 3 nitrogen and oxygen atoms in total. The topological polar surface area (TPSA) is 27.3 Å². The molecule has 1 saturated heterocycles. The first-order valence-corrected chi connectivity index (χ1v) is 11.9. The van der Waals surface area contributed by atoms with Gasteiger partial charge in [0.1, 0.15) is 6.54 Å². The van der Waals surface area contributed by atoms with Gasteiger partial charge in [-0.05, 0) is 74.6 Å². The third-order valence-corrected chi connectivity index (χ3v) is 7.35. The number of fused-ring (bicyclic) bond motifs is 3. The highest BCUT2D eigenvalue weighted by molar-refractivity contribution is 5.82. The molecule has 2 aliphatic rings. The number of rotatable bonds is 9. The molecule has 1 aliphatic carbocycles. The highest BCUT2D eigenvalue weighted by atomic mass is 19.4. The fourth-order valence-corrected chi connectivity index (χ4v) is 5.60. The molecule has 0 spiro atoms. The molecule has 178 valence electrons. The van der Waals surface area contributed by atoms with Gasteiger partial charge in [-0.3, -0.25) is 0 Å². The quantitative estimate of drug-likeness (QED) is 0.489. The summed E-state index contributed by atoms with van der Waals surface area (Å²) in [6, 6.07) is 16.8. The van der Waals surface area contributed by atoms with Crippen LogP contribution < -0.4 is 10.6 Å². The Labute approximate surface area is 195 Å². The van der Waals surface area contributed by atoms with Gasteiger partial charge >= 0.3 is 6.18 Å². The number of halogens is 3. The van der Waals surface area contributed by atoms with E-state index in [4.69, 9.17) is 0 Å². The first kappa shape index (κ1) is 23.8. The molecule has 0 atom stereocenters. The number of nitrogens with one attached hydrogen (secondary N) is 2. The van der Waals surface area contributed by atoms with Gasteiger partial charge in [0.05, 0.1) is 5.41 Å². The molecule has 1 heterocycles. The summed E-state index contributed by atoms with van der Waals surface area (Å²) >= 11 is 0. The summed E-state index contributed by atoms with van der Waals surface area (Å²) in [5, 5.41) is 6.02. The minimum absolute atomic E-state index is 0.437. The molecule has 1 fully saturated rings. The molecular formula is C27H34F3N3. The largest absolute Gasteiger partial charge is 0.405 e. The van der Waals surface area contributed by atoms with Crippen LogP contribution >= 0.6 is 0 Å². The fourth-order valence-electron chi connectivity index (χ4n) is 5.60. The lowest BCUT2D eigenvalue weighted by molar-refractivity contribution is -0.123. The van der Waals surface area contributed by atoms with Gasteiger partial charge in [0.2, 0.25) is 0 Å². The molecule has 0 saturated carbocycles. The van der Waals surface area contributed by atoms with Crippen LogP contribution in [0.4, 0.5) is 13.2 Å². The molecular weight excluding hydrogens is 423 g/mol. The Balaban J connectivity index is 1.54. The molecule has 33 heavy (non-hydrogen) atoms. The summed E-state index contributed by atoms with van der Waals surface area (Å²) in [4.78, 5) is 2.51. The van der Waals surface area contributed by atoms with Crippen molar-refractivity contribution in [2.45, 2.75) is 49.7 Å². The van der Waals surface area contributed by atoms with E-state index >= 15 is 0 Å². The first-order chi connectivity index (χ1) is 15.8. The van der Waals surface area contributed by atoms with Gasteiger partial charge in [0.15, 0.2) is 0 Å². The average molecular weight is 458 g/mol.